The van der Waals surface area contributed by atoms with Crippen molar-refractivity contribution in [2.45, 2.75) is 64.9 Å². The van der Waals surface area contributed by atoms with Gasteiger partial charge in [-0.1, -0.05) is 25.8 Å². The van der Waals surface area contributed by atoms with E-state index in [1.807, 2.05) is 12.3 Å². The van der Waals surface area contributed by atoms with Gasteiger partial charge in [0.15, 0.2) is 0 Å². The fourth-order valence-electron chi connectivity index (χ4n) is 4.09. The fraction of sp³-hybridized carbons (Fsp3) is 0.625. The first-order valence-electron chi connectivity index (χ1n) is 11.7. The number of sulfonamides is 1. The van der Waals surface area contributed by atoms with Gasteiger partial charge in [0.25, 0.3) is 0 Å². The molecule has 0 bridgehead atoms. The van der Waals surface area contributed by atoms with Crippen molar-refractivity contribution < 1.29 is 13.2 Å². The zero-order valence-corrected chi connectivity index (χ0v) is 19.8. The van der Waals surface area contributed by atoms with Crippen LogP contribution in [0.15, 0.2) is 30.5 Å². The number of hydrogen-bond acceptors (Lipinski definition) is 5. The number of aromatic nitrogens is 1. The van der Waals surface area contributed by atoms with E-state index in [2.05, 4.69) is 39.7 Å². The summed E-state index contributed by atoms with van der Waals surface area (Å²) in [6, 6.07) is 8.55. The molecule has 1 aromatic carbocycles. The molecule has 2 aromatic rings. The molecule has 1 aromatic heterocycles. The van der Waals surface area contributed by atoms with Crippen LogP contribution in [0.25, 0.3) is 10.9 Å². The molecule has 0 atom stereocenters. The second-order valence-corrected chi connectivity index (χ2v) is 10.5. The van der Waals surface area contributed by atoms with Crippen molar-refractivity contribution in [1.82, 2.24) is 14.6 Å². The lowest BCUT2D eigenvalue weighted by molar-refractivity contribution is 0.101. The molecule has 0 saturated carbocycles. The molecule has 31 heavy (non-hydrogen) atoms. The molecule has 0 radical (unpaired) electrons. The van der Waals surface area contributed by atoms with Gasteiger partial charge >= 0.3 is 0 Å². The summed E-state index contributed by atoms with van der Waals surface area (Å²) in [6.45, 7) is 7.27. The minimum absolute atomic E-state index is 0.138. The minimum atomic E-state index is -3.09. The maximum atomic E-state index is 11.5. The first-order valence-corrected chi connectivity index (χ1v) is 13.4. The Hall–Kier alpha value is -1.70. The summed E-state index contributed by atoms with van der Waals surface area (Å²) in [5.41, 5.74) is 2.28. The van der Waals surface area contributed by atoms with E-state index < -0.39 is 10.0 Å². The number of pyridine rings is 1. The number of nitrogens with zero attached hydrogens (tertiary/aromatic N) is 2. The van der Waals surface area contributed by atoms with Crippen LogP contribution in [0.5, 0.6) is 5.75 Å². The van der Waals surface area contributed by atoms with E-state index in [1.165, 1.54) is 24.8 Å². The summed E-state index contributed by atoms with van der Waals surface area (Å²) in [5, 5.41) is 1.15. The van der Waals surface area contributed by atoms with Gasteiger partial charge in [-0.3, -0.25) is 4.98 Å². The zero-order chi connectivity index (χ0) is 22.1. The Labute approximate surface area is 187 Å². The molecule has 6 nitrogen and oxygen atoms in total. The number of unbranched alkanes of at least 4 members (excludes halogenated alkanes) is 2. The average molecular weight is 448 g/mol. The van der Waals surface area contributed by atoms with E-state index >= 15 is 0 Å². The predicted molar refractivity (Wildman–Crippen MR) is 127 cm³/mol. The third-order valence-corrected chi connectivity index (χ3v) is 7.38. The summed E-state index contributed by atoms with van der Waals surface area (Å²) in [6.07, 6.45) is 9.58. The normalized spacial score (nSPS) is 16.1. The Morgan fingerprint density at radius 1 is 1.16 bits per heavy atom. The van der Waals surface area contributed by atoms with Crippen LogP contribution in [0.4, 0.5) is 0 Å². The number of benzene rings is 1. The summed E-state index contributed by atoms with van der Waals surface area (Å²) < 4.78 is 32.1. The third kappa shape index (κ3) is 7.44. The molecule has 1 saturated heterocycles. The molecule has 3 rings (SSSR count). The van der Waals surface area contributed by atoms with Crippen LogP contribution in [0.1, 0.15) is 57.9 Å². The van der Waals surface area contributed by atoms with E-state index in [0.717, 1.165) is 62.0 Å². The zero-order valence-electron chi connectivity index (χ0n) is 19.0. The van der Waals surface area contributed by atoms with Gasteiger partial charge in [-0.2, -0.15) is 0 Å². The maximum Gasteiger partial charge on any atom is 0.211 e. The topological polar surface area (TPSA) is 71.5 Å². The monoisotopic (exact) mass is 447 g/mol. The smallest absolute Gasteiger partial charge is 0.211 e. The fourth-order valence-corrected chi connectivity index (χ4v) is 4.75. The molecular formula is C24H37N3O3S. The van der Waals surface area contributed by atoms with Gasteiger partial charge in [-0.05, 0) is 69.3 Å². The minimum Gasteiger partial charge on any atom is -0.488 e. The molecule has 1 fully saturated rings. The van der Waals surface area contributed by atoms with Gasteiger partial charge in [0.1, 0.15) is 17.4 Å². The molecule has 1 N–H and O–H groups in total. The molecule has 0 spiro atoms. The highest BCUT2D eigenvalue weighted by molar-refractivity contribution is 7.89. The Morgan fingerprint density at radius 2 is 1.97 bits per heavy atom. The molecule has 1 aliphatic heterocycles. The van der Waals surface area contributed by atoms with Gasteiger partial charge < -0.3 is 9.64 Å². The van der Waals surface area contributed by atoms with Crippen molar-refractivity contribution >= 4 is 20.9 Å². The van der Waals surface area contributed by atoms with E-state index in [4.69, 9.17) is 4.74 Å². The van der Waals surface area contributed by atoms with Crippen LogP contribution >= 0.6 is 0 Å². The number of rotatable bonds is 12. The summed E-state index contributed by atoms with van der Waals surface area (Å²) >= 11 is 0. The molecule has 7 heteroatoms. The number of hydrogen-bond donors (Lipinski definition) is 1. The van der Waals surface area contributed by atoms with Crippen molar-refractivity contribution in [3.63, 3.8) is 0 Å². The van der Waals surface area contributed by atoms with Crippen molar-refractivity contribution in [3.05, 3.63) is 36.0 Å². The molecule has 1 aliphatic rings. The van der Waals surface area contributed by atoms with E-state index in [9.17, 15) is 8.42 Å². The Bertz CT molecular complexity index is 925. The molecule has 0 amide bonds. The molecule has 0 unspecified atom stereocenters. The summed E-state index contributed by atoms with van der Waals surface area (Å²) in [7, 11) is -3.09. The van der Waals surface area contributed by atoms with Crippen LogP contribution in [0, 0.1) is 0 Å². The number of aryl methyl sites for hydroxylation is 1. The molecule has 0 aliphatic carbocycles. The first-order chi connectivity index (χ1) is 15.0. The van der Waals surface area contributed by atoms with Crippen LogP contribution in [-0.2, 0) is 16.4 Å². The highest BCUT2D eigenvalue weighted by atomic mass is 32.2. The van der Waals surface area contributed by atoms with Gasteiger partial charge in [0, 0.05) is 31.2 Å². The van der Waals surface area contributed by atoms with Gasteiger partial charge in [0.2, 0.25) is 10.0 Å². The standard InChI is InChI=1S/C24H37N3O3S/c1-3-5-6-9-20-18-21-10-7-13-25-24(21)23(19-20)30-22-11-16-27(17-12-22)15-8-14-26-31(28,29)4-2/h7,10,13,18-19,22,26H,3-6,8-9,11-12,14-17H2,1-2H3. The van der Waals surface area contributed by atoms with Crippen molar-refractivity contribution in [2.75, 3.05) is 31.9 Å². The van der Waals surface area contributed by atoms with Crippen LogP contribution in [-0.4, -0.2) is 56.3 Å². The molecule has 2 heterocycles. The number of likely N-dealkylation sites (tertiary alicyclic amines) is 1. The maximum absolute atomic E-state index is 11.5. The highest BCUT2D eigenvalue weighted by Gasteiger charge is 2.21. The second-order valence-electron chi connectivity index (χ2n) is 8.44. The van der Waals surface area contributed by atoms with Crippen LogP contribution in [0.3, 0.4) is 0 Å². The lowest BCUT2D eigenvalue weighted by Crippen LogP contribution is -2.39. The lowest BCUT2D eigenvalue weighted by atomic mass is 10.0. The van der Waals surface area contributed by atoms with Crippen molar-refractivity contribution in [1.29, 1.82) is 0 Å². The number of ether oxygens (including phenoxy) is 1. The Balaban J connectivity index is 1.52. The first kappa shape index (κ1) is 24.0. The van der Waals surface area contributed by atoms with Crippen LogP contribution in [0.2, 0.25) is 0 Å². The number of nitrogens with one attached hydrogen (secondary N) is 1. The van der Waals surface area contributed by atoms with Gasteiger partial charge in [0.05, 0.1) is 5.75 Å². The number of piperidine rings is 1. The van der Waals surface area contributed by atoms with Crippen LogP contribution < -0.4 is 9.46 Å². The molecule has 172 valence electrons. The quantitative estimate of drug-likeness (QED) is 0.495. The SMILES string of the molecule is CCCCCc1cc(OC2CCN(CCCNS(=O)(=O)CC)CC2)c2ncccc2c1. The number of fused-ring (bicyclic) bond motifs is 1. The van der Waals surface area contributed by atoms with Gasteiger partial charge in [-0.25, -0.2) is 13.1 Å². The highest BCUT2D eigenvalue weighted by Crippen LogP contribution is 2.29. The van der Waals surface area contributed by atoms with E-state index in [1.54, 1.807) is 6.92 Å². The average Bonchev–Trinajstić information content (AvgIpc) is 2.78. The van der Waals surface area contributed by atoms with Gasteiger partial charge in [-0.15, -0.1) is 0 Å². The van der Waals surface area contributed by atoms with E-state index in [0.29, 0.717) is 6.54 Å². The largest absolute Gasteiger partial charge is 0.488 e. The van der Waals surface area contributed by atoms with Crippen molar-refractivity contribution in [3.8, 4) is 5.75 Å². The Morgan fingerprint density at radius 3 is 2.71 bits per heavy atom. The Kier molecular flexibility index (Phi) is 9.11. The van der Waals surface area contributed by atoms with E-state index in [-0.39, 0.29) is 11.9 Å². The second kappa shape index (κ2) is 11.8. The summed E-state index contributed by atoms with van der Waals surface area (Å²) in [4.78, 5) is 6.98. The summed E-state index contributed by atoms with van der Waals surface area (Å²) in [5.74, 6) is 1.05. The predicted octanol–water partition coefficient (Wildman–Crippen LogP) is 4.14. The lowest BCUT2D eigenvalue weighted by Gasteiger charge is -2.32. The third-order valence-electron chi connectivity index (χ3n) is 5.98. The molecular weight excluding hydrogens is 410 g/mol. The van der Waals surface area contributed by atoms with Crippen molar-refractivity contribution in [2.24, 2.45) is 0 Å².